The van der Waals surface area contributed by atoms with Gasteiger partial charge >= 0.3 is 6.03 Å². The van der Waals surface area contributed by atoms with Gasteiger partial charge in [0, 0.05) is 0 Å². The number of benzene rings is 2. The van der Waals surface area contributed by atoms with Crippen LogP contribution in [0.1, 0.15) is 31.9 Å². The number of carbonyl (C=O) groups is 3. The molecule has 1 saturated heterocycles. The average molecular weight is 404 g/mol. The number of hydrogen-bond acceptors (Lipinski definition) is 4. The van der Waals surface area contributed by atoms with Crippen molar-refractivity contribution in [2.45, 2.75) is 19.4 Å². The van der Waals surface area contributed by atoms with Crippen LogP contribution >= 0.6 is 11.3 Å². The number of hydrogen-bond donors (Lipinski definition) is 1. The number of nitrogens with one attached hydrogen (secondary N) is 1. The van der Waals surface area contributed by atoms with E-state index in [1.54, 1.807) is 17.5 Å². The number of ketones is 1. The maximum absolute atomic E-state index is 13.6. The zero-order valence-corrected chi connectivity index (χ0v) is 17.0. The van der Waals surface area contributed by atoms with Crippen LogP contribution in [0.4, 0.5) is 4.79 Å². The van der Waals surface area contributed by atoms with Gasteiger partial charge in [-0.25, -0.2) is 4.79 Å². The summed E-state index contributed by atoms with van der Waals surface area (Å²) in [7, 11) is 0. The van der Waals surface area contributed by atoms with Crippen molar-refractivity contribution in [3.05, 3.63) is 93.2 Å². The van der Waals surface area contributed by atoms with Gasteiger partial charge in [-0.05, 0) is 47.5 Å². The maximum Gasteiger partial charge on any atom is 0.325 e. The molecule has 1 aliphatic heterocycles. The monoisotopic (exact) mass is 404 g/mol. The molecule has 0 bridgehead atoms. The van der Waals surface area contributed by atoms with Gasteiger partial charge in [-0.1, -0.05) is 54.6 Å². The van der Waals surface area contributed by atoms with Gasteiger partial charge in [-0.3, -0.25) is 14.5 Å². The van der Waals surface area contributed by atoms with Gasteiger partial charge in [0.15, 0.2) is 11.3 Å². The third-order valence-electron chi connectivity index (χ3n) is 5.35. The van der Waals surface area contributed by atoms with Crippen LogP contribution in [0.5, 0.6) is 0 Å². The molecular formula is C23H20N2O3S. The van der Waals surface area contributed by atoms with Crippen molar-refractivity contribution in [2.24, 2.45) is 0 Å². The molecule has 0 radical (unpaired) electrons. The molecule has 146 valence electrons. The second-order valence-electron chi connectivity index (χ2n) is 7.14. The summed E-state index contributed by atoms with van der Waals surface area (Å²) in [5.41, 5.74) is 2.10. The molecule has 29 heavy (non-hydrogen) atoms. The van der Waals surface area contributed by atoms with Crippen LogP contribution in [0.2, 0.25) is 0 Å². The smallest absolute Gasteiger partial charge is 0.315 e. The van der Waals surface area contributed by atoms with Crippen LogP contribution in [0.3, 0.4) is 0 Å². The quantitative estimate of drug-likeness (QED) is 0.515. The minimum Gasteiger partial charge on any atom is -0.315 e. The number of rotatable bonds is 5. The van der Waals surface area contributed by atoms with Gasteiger partial charge in [-0.15, -0.1) is 11.3 Å². The molecule has 1 atom stereocenters. The molecule has 1 aliphatic rings. The largest absolute Gasteiger partial charge is 0.325 e. The summed E-state index contributed by atoms with van der Waals surface area (Å²) in [5, 5.41) is 4.68. The lowest BCUT2D eigenvalue weighted by Gasteiger charge is -2.28. The lowest BCUT2D eigenvalue weighted by molar-refractivity contribution is -0.129. The Kier molecular flexibility index (Phi) is 4.80. The predicted molar refractivity (Wildman–Crippen MR) is 112 cm³/mol. The Hall–Kier alpha value is -3.25. The standard InChI is InChI=1S/C23H20N2O3S/c1-15-10-11-18(13-16(15)2)23(17-7-4-3-5-8-17)21(27)25(22(28)24-23)14-19(26)20-9-6-12-29-20/h3-13H,14H2,1-2H3,(H,24,28)/t23-/m0/s1. The Labute approximate surface area is 173 Å². The zero-order chi connectivity index (χ0) is 20.6. The van der Waals surface area contributed by atoms with Gasteiger partial charge in [0.1, 0.15) is 0 Å². The van der Waals surface area contributed by atoms with Crippen LogP contribution in [-0.4, -0.2) is 29.2 Å². The number of Topliss-reactive ketones (excluding diaryl/α,β-unsaturated/α-hetero) is 1. The van der Waals surface area contributed by atoms with Crippen LogP contribution in [0.15, 0.2) is 66.0 Å². The first-order valence-electron chi connectivity index (χ1n) is 9.27. The van der Waals surface area contributed by atoms with Crippen molar-refractivity contribution >= 4 is 29.1 Å². The molecule has 2 heterocycles. The molecule has 1 N–H and O–H groups in total. The summed E-state index contributed by atoms with van der Waals surface area (Å²) in [6.45, 7) is 3.68. The molecule has 3 amide bonds. The highest BCUT2D eigenvalue weighted by molar-refractivity contribution is 7.12. The number of amides is 3. The Balaban J connectivity index is 1.80. The van der Waals surface area contributed by atoms with E-state index in [1.165, 1.54) is 11.3 Å². The van der Waals surface area contributed by atoms with Crippen LogP contribution in [0, 0.1) is 13.8 Å². The Morgan fingerprint density at radius 2 is 1.72 bits per heavy atom. The van der Waals surface area contributed by atoms with E-state index < -0.39 is 17.5 Å². The van der Waals surface area contributed by atoms with Gasteiger partial charge in [0.2, 0.25) is 0 Å². The summed E-state index contributed by atoms with van der Waals surface area (Å²) in [6, 6.07) is 17.8. The van der Waals surface area contributed by atoms with Crippen LogP contribution in [0.25, 0.3) is 0 Å². The van der Waals surface area contributed by atoms with E-state index in [-0.39, 0.29) is 12.3 Å². The SMILES string of the molecule is Cc1ccc([C@]2(c3ccccc3)NC(=O)N(CC(=O)c3cccs3)C2=O)cc1C. The van der Waals surface area contributed by atoms with E-state index >= 15 is 0 Å². The van der Waals surface area contributed by atoms with Gasteiger partial charge in [-0.2, -0.15) is 0 Å². The predicted octanol–water partition coefficient (Wildman–Crippen LogP) is 4.04. The van der Waals surface area contributed by atoms with E-state index in [1.807, 2.05) is 62.4 Å². The molecule has 4 rings (SSSR count). The molecule has 0 saturated carbocycles. The molecule has 5 nitrogen and oxygen atoms in total. The van der Waals surface area contributed by atoms with Crippen molar-refractivity contribution in [1.82, 2.24) is 10.2 Å². The fourth-order valence-electron chi connectivity index (χ4n) is 3.60. The number of carbonyl (C=O) groups excluding carboxylic acids is 3. The molecular weight excluding hydrogens is 384 g/mol. The van der Waals surface area contributed by atoms with E-state index in [0.717, 1.165) is 16.0 Å². The third-order valence-corrected chi connectivity index (χ3v) is 6.26. The fraction of sp³-hybridized carbons (Fsp3) is 0.174. The Morgan fingerprint density at radius 3 is 2.38 bits per heavy atom. The lowest BCUT2D eigenvalue weighted by Crippen LogP contribution is -2.45. The zero-order valence-electron chi connectivity index (χ0n) is 16.1. The normalized spacial score (nSPS) is 18.8. The molecule has 6 heteroatoms. The van der Waals surface area contributed by atoms with Crippen molar-refractivity contribution < 1.29 is 14.4 Å². The number of aryl methyl sites for hydroxylation is 2. The number of urea groups is 1. The molecule has 2 aromatic carbocycles. The van der Waals surface area contributed by atoms with Crippen molar-refractivity contribution in [3.63, 3.8) is 0 Å². The van der Waals surface area contributed by atoms with Crippen molar-refractivity contribution in [1.29, 1.82) is 0 Å². The first-order chi connectivity index (χ1) is 13.9. The highest BCUT2D eigenvalue weighted by Gasteiger charge is 2.54. The summed E-state index contributed by atoms with van der Waals surface area (Å²) >= 11 is 1.29. The highest BCUT2D eigenvalue weighted by Crippen LogP contribution is 2.37. The fourth-order valence-corrected chi connectivity index (χ4v) is 4.26. The van der Waals surface area contributed by atoms with Gasteiger partial charge < -0.3 is 5.32 Å². The number of nitrogens with zero attached hydrogens (tertiary/aromatic N) is 1. The first-order valence-corrected chi connectivity index (χ1v) is 10.2. The minimum atomic E-state index is -1.35. The second kappa shape index (κ2) is 7.29. The van der Waals surface area contributed by atoms with E-state index in [2.05, 4.69) is 5.32 Å². The third kappa shape index (κ3) is 3.15. The van der Waals surface area contributed by atoms with E-state index in [0.29, 0.717) is 16.0 Å². The Morgan fingerprint density at radius 1 is 0.966 bits per heavy atom. The van der Waals surface area contributed by atoms with Crippen LogP contribution in [-0.2, 0) is 10.3 Å². The molecule has 0 aliphatic carbocycles. The molecule has 1 aromatic heterocycles. The average Bonchev–Trinajstić information content (AvgIpc) is 3.34. The summed E-state index contributed by atoms with van der Waals surface area (Å²) in [6.07, 6.45) is 0. The summed E-state index contributed by atoms with van der Waals surface area (Å²) in [4.78, 5) is 40.6. The number of imide groups is 1. The summed E-state index contributed by atoms with van der Waals surface area (Å²) < 4.78 is 0. The van der Waals surface area contributed by atoms with E-state index in [4.69, 9.17) is 0 Å². The highest BCUT2D eigenvalue weighted by atomic mass is 32.1. The second-order valence-corrected chi connectivity index (χ2v) is 8.08. The molecule has 1 fully saturated rings. The minimum absolute atomic E-state index is 0.257. The molecule has 0 unspecified atom stereocenters. The maximum atomic E-state index is 13.6. The van der Waals surface area contributed by atoms with Crippen molar-refractivity contribution in [3.8, 4) is 0 Å². The molecule has 0 spiro atoms. The lowest BCUT2D eigenvalue weighted by atomic mass is 9.81. The van der Waals surface area contributed by atoms with Crippen molar-refractivity contribution in [2.75, 3.05) is 6.54 Å². The summed E-state index contributed by atoms with van der Waals surface area (Å²) in [5.74, 6) is -0.700. The Bertz CT molecular complexity index is 1090. The van der Waals surface area contributed by atoms with E-state index in [9.17, 15) is 14.4 Å². The van der Waals surface area contributed by atoms with Crippen LogP contribution < -0.4 is 5.32 Å². The van der Waals surface area contributed by atoms with Gasteiger partial charge in [0.25, 0.3) is 5.91 Å². The van der Waals surface area contributed by atoms with Gasteiger partial charge in [0.05, 0.1) is 11.4 Å². The topological polar surface area (TPSA) is 66.5 Å². The molecule has 3 aromatic rings. The first kappa shape index (κ1) is 19.1. The number of thiophene rings is 1.